The number of hydrogen-bond donors (Lipinski definition) is 1. The quantitative estimate of drug-likeness (QED) is 0.420. The molecule has 1 aliphatic rings. The number of carboxylic acid groups (broad SMARTS) is 1. The third kappa shape index (κ3) is 4.47. The molecule has 154 valence electrons. The summed E-state index contributed by atoms with van der Waals surface area (Å²) in [6.45, 7) is 0.866. The van der Waals surface area contributed by atoms with Crippen LogP contribution in [0.3, 0.4) is 0 Å². The lowest BCUT2D eigenvalue weighted by molar-refractivity contribution is -0.148. The summed E-state index contributed by atoms with van der Waals surface area (Å²) in [5.41, 5.74) is 6.13. The van der Waals surface area contributed by atoms with Crippen molar-refractivity contribution in [3.63, 3.8) is 0 Å². The van der Waals surface area contributed by atoms with Crippen molar-refractivity contribution in [2.45, 2.75) is 18.9 Å². The molecule has 0 aliphatic heterocycles. The van der Waals surface area contributed by atoms with E-state index in [4.69, 9.17) is 19.3 Å². The van der Waals surface area contributed by atoms with Gasteiger partial charge in [0.15, 0.2) is 6.10 Å². The van der Waals surface area contributed by atoms with Crippen molar-refractivity contribution in [3.05, 3.63) is 83.4 Å². The van der Waals surface area contributed by atoms with E-state index in [1.807, 2.05) is 30.3 Å². The summed E-state index contributed by atoms with van der Waals surface area (Å²) in [6, 6.07) is 22.1. The fourth-order valence-electron chi connectivity index (χ4n) is 3.74. The zero-order valence-corrected chi connectivity index (χ0v) is 16.8. The molecule has 0 bridgehead atoms. The first-order chi connectivity index (χ1) is 14.6. The van der Waals surface area contributed by atoms with Crippen LogP contribution in [0.25, 0.3) is 11.1 Å². The predicted molar refractivity (Wildman–Crippen MR) is 114 cm³/mol. The second kappa shape index (κ2) is 9.01. The Morgan fingerprint density at radius 3 is 2.30 bits per heavy atom. The molecule has 0 heterocycles. The summed E-state index contributed by atoms with van der Waals surface area (Å²) in [7, 11) is 1.40. The van der Waals surface area contributed by atoms with Crippen LogP contribution in [0.2, 0.25) is 0 Å². The normalized spacial score (nSPS) is 12.7. The molecular formula is C25H24O5. The van der Waals surface area contributed by atoms with Gasteiger partial charge in [0.1, 0.15) is 24.7 Å². The van der Waals surface area contributed by atoms with Gasteiger partial charge >= 0.3 is 5.97 Å². The Balaban J connectivity index is 1.26. The zero-order chi connectivity index (χ0) is 20.9. The lowest BCUT2D eigenvalue weighted by Crippen LogP contribution is -2.24. The summed E-state index contributed by atoms with van der Waals surface area (Å²) >= 11 is 0. The average molecular weight is 404 g/mol. The molecule has 3 aromatic carbocycles. The minimum atomic E-state index is -0.967. The number of methoxy groups -OCH3 is 1. The van der Waals surface area contributed by atoms with E-state index in [2.05, 4.69) is 36.4 Å². The van der Waals surface area contributed by atoms with E-state index in [9.17, 15) is 4.79 Å². The van der Waals surface area contributed by atoms with E-state index in [1.54, 1.807) is 0 Å². The van der Waals surface area contributed by atoms with Crippen LogP contribution < -0.4 is 9.47 Å². The van der Waals surface area contributed by atoms with Gasteiger partial charge in [0.2, 0.25) is 0 Å². The molecule has 0 unspecified atom stereocenters. The third-order valence-electron chi connectivity index (χ3n) is 5.29. The van der Waals surface area contributed by atoms with Crippen LogP contribution in [0.4, 0.5) is 0 Å². The van der Waals surface area contributed by atoms with Crippen molar-refractivity contribution in [2.75, 3.05) is 20.3 Å². The van der Waals surface area contributed by atoms with Gasteiger partial charge in [-0.15, -0.1) is 0 Å². The number of carbonyl (C=O) groups is 1. The molecule has 30 heavy (non-hydrogen) atoms. The molecule has 5 heteroatoms. The van der Waals surface area contributed by atoms with Crippen molar-refractivity contribution in [1.82, 2.24) is 0 Å². The van der Waals surface area contributed by atoms with Gasteiger partial charge in [0.05, 0.1) is 0 Å². The maximum absolute atomic E-state index is 11.0. The van der Waals surface area contributed by atoms with Crippen molar-refractivity contribution in [2.24, 2.45) is 0 Å². The molecule has 0 aromatic heterocycles. The van der Waals surface area contributed by atoms with E-state index in [0.717, 1.165) is 23.5 Å². The average Bonchev–Trinajstić information content (AvgIpc) is 3.13. The van der Waals surface area contributed by atoms with Gasteiger partial charge in [-0.1, -0.05) is 42.5 Å². The van der Waals surface area contributed by atoms with Gasteiger partial charge in [0, 0.05) is 13.5 Å². The molecule has 1 aliphatic carbocycles. The smallest absolute Gasteiger partial charge is 0.333 e. The van der Waals surface area contributed by atoms with Crippen molar-refractivity contribution in [1.29, 1.82) is 0 Å². The molecule has 0 radical (unpaired) electrons. The van der Waals surface area contributed by atoms with Crippen molar-refractivity contribution < 1.29 is 24.1 Å². The SMILES string of the molecule is CO[C@@H](Cc1ccc(OCCOc2ccc3c(c2)Cc2ccccc2-3)cc1)C(=O)O. The number of carboxylic acids is 1. The lowest BCUT2D eigenvalue weighted by atomic mass is 10.1. The minimum absolute atomic E-state index is 0.317. The standard InChI is InChI=1S/C25H24O5/c1-28-24(25(26)27)14-17-6-8-20(9-7-17)29-12-13-30-21-10-11-23-19(16-21)15-18-4-2-3-5-22(18)23/h2-11,16,24H,12-15H2,1H3,(H,26,27)/t24-/m0/s1. The van der Waals surface area contributed by atoms with Crippen LogP contribution in [0.5, 0.6) is 11.5 Å². The monoisotopic (exact) mass is 404 g/mol. The summed E-state index contributed by atoms with van der Waals surface area (Å²) in [5, 5.41) is 9.06. The van der Waals surface area contributed by atoms with Crippen LogP contribution >= 0.6 is 0 Å². The number of aliphatic carboxylic acids is 1. The summed E-state index contributed by atoms with van der Waals surface area (Å²) in [5.74, 6) is 0.598. The zero-order valence-electron chi connectivity index (χ0n) is 16.8. The highest BCUT2D eigenvalue weighted by atomic mass is 16.5. The van der Waals surface area contributed by atoms with E-state index in [1.165, 1.54) is 29.4 Å². The number of ether oxygens (including phenoxy) is 3. The number of fused-ring (bicyclic) bond motifs is 3. The molecule has 5 nitrogen and oxygen atoms in total. The van der Waals surface area contributed by atoms with Crippen LogP contribution in [0, 0.1) is 0 Å². The molecule has 1 N–H and O–H groups in total. The second-order valence-corrected chi connectivity index (χ2v) is 7.26. The molecule has 0 saturated heterocycles. The molecule has 0 saturated carbocycles. The Bertz CT molecular complexity index is 1030. The molecule has 0 spiro atoms. The highest BCUT2D eigenvalue weighted by Gasteiger charge is 2.18. The molecule has 3 aromatic rings. The Morgan fingerprint density at radius 1 is 0.900 bits per heavy atom. The van der Waals surface area contributed by atoms with E-state index >= 15 is 0 Å². The predicted octanol–water partition coefficient (Wildman–Crippen LogP) is 4.36. The number of benzene rings is 3. The molecular weight excluding hydrogens is 380 g/mol. The topological polar surface area (TPSA) is 65.0 Å². The van der Waals surface area contributed by atoms with Crippen LogP contribution in [-0.2, 0) is 22.4 Å². The lowest BCUT2D eigenvalue weighted by Gasteiger charge is -2.12. The summed E-state index contributed by atoms with van der Waals surface area (Å²) in [6.07, 6.45) is 0.416. The summed E-state index contributed by atoms with van der Waals surface area (Å²) < 4.78 is 16.6. The number of hydrogen-bond acceptors (Lipinski definition) is 4. The Morgan fingerprint density at radius 2 is 1.57 bits per heavy atom. The minimum Gasteiger partial charge on any atom is -0.490 e. The fourth-order valence-corrected chi connectivity index (χ4v) is 3.74. The van der Waals surface area contributed by atoms with Crippen molar-refractivity contribution >= 4 is 5.97 Å². The molecule has 0 fully saturated rings. The van der Waals surface area contributed by atoms with Gasteiger partial charge in [-0.05, 0) is 58.5 Å². The fraction of sp³-hybridized carbons (Fsp3) is 0.240. The first-order valence-electron chi connectivity index (χ1n) is 9.95. The maximum Gasteiger partial charge on any atom is 0.333 e. The highest BCUT2D eigenvalue weighted by molar-refractivity contribution is 5.77. The first-order valence-corrected chi connectivity index (χ1v) is 9.95. The summed E-state index contributed by atoms with van der Waals surface area (Å²) in [4.78, 5) is 11.0. The Labute approximate surface area is 175 Å². The highest BCUT2D eigenvalue weighted by Crippen LogP contribution is 2.38. The van der Waals surface area contributed by atoms with Gasteiger partial charge in [-0.25, -0.2) is 4.79 Å². The van der Waals surface area contributed by atoms with Gasteiger partial charge in [0.25, 0.3) is 0 Å². The van der Waals surface area contributed by atoms with Gasteiger partial charge < -0.3 is 19.3 Å². The van der Waals surface area contributed by atoms with Crippen LogP contribution in [0.1, 0.15) is 16.7 Å². The Hall–Kier alpha value is -3.31. The van der Waals surface area contributed by atoms with E-state index < -0.39 is 12.1 Å². The largest absolute Gasteiger partial charge is 0.490 e. The van der Waals surface area contributed by atoms with Crippen molar-refractivity contribution in [3.8, 4) is 22.6 Å². The second-order valence-electron chi connectivity index (χ2n) is 7.26. The molecule has 1 atom stereocenters. The van der Waals surface area contributed by atoms with Gasteiger partial charge in [-0.2, -0.15) is 0 Å². The molecule has 0 amide bonds. The maximum atomic E-state index is 11.0. The Kier molecular flexibility index (Phi) is 6.00. The van der Waals surface area contributed by atoms with Crippen LogP contribution in [0.15, 0.2) is 66.7 Å². The van der Waals surface area contributed by atoms with E-state index in [0.29, 0.717) is 19.6 Å². The molecule has 4 rings (SSSR count). The number of rotatable bonds is 9. The van der Waals surface area contributed by atoms with Crippen LogP contribution in [-0.4, -0.2) is 37.5 Å². The third-order valence-corrected chi connectivity index (χ3v) is 5.29. The van der Waals surface area contributed by atoms with Gasteiger partial charge in [-0.3, -0.25) is 0 Å². The first kappa shape index (κ1) is 20.0. The van der Waals surface area contributed by atoms with E-state index in [-0.39, 0.29) is 0 Å².